The number of benzene rings is 1. The van der Waals surface area contributed by atoms with Crippen molar-refractivity contribution in [2.75, 3.05) is 12.5 Å². The molecule has 0 heterocycles. The molecule has 11 heavy (non-hydrogen) atoms. The summed E-state index contributed by atoms with van der Waals surface area (Å²) >= 11 is 5.48. The summed E-state index contributed by atoms with van der Waals surface area (Å²) in [5.74, 6) is 1.53. The van der Waals surface area contributed by atoms with Gasteiger partial charge in [0.15, 0.2) is 0 Å². The zero-order valence-corrected chi connectivity index (χ0v) is 6.97. The molecule has 0 aromatic heterocycles. The Labute approximate surface area is 71.9 Å². The first-order valence-electron chi connectivity index (χ1n) is 3.58. The van der Waals surface area contributed by atoms with Crippen LogP contribution in [0.15, 0.2) is 24.3 Å². The maximum atomic E-state index is 5.48. The highest BCUT2D eigenvalue weighted by Crippen LogP contribution is 2.07. The van der Waals surface area contributed by atoms with Gasteiger partial charge in [-0.2, -0.15) is 0 Å². The van der Waals surface area contributed by atoms with Gasteiger partial charge in [0, 0.05) is 5.88 Å². The monoisotopic (exact) mass is 169 g/mol. The predicted octanol–water partition coefficient (Wildman–Crippen LogP) is 2.49. The van der Waals surface area contributed by atoms with Crippen LogP contribution in [0.3, 0.4) is 0 Å². The molecule has 0 saturated carbocycles. The standard InChI is InChI=1S/C9H10ClO/c10-7-4-8-11-9-5-2-1-3-6-9/h2-3,5-6H,4,7-8H2. The molecule has 0 aliphatic rings. The van der Waals surface area contributed by atoms with Crippen molar-refractivity contribution in [1.29, 1.82) is 0 Å². The van der Waals surface area contributed by atoms with Gasteiger partial charge in [-0.1, -0.05) is 12.1 Å². The Morgan fingerprint density at radius 3 is 2.73 bits per heavy atom. The van der Waals surface area contributed by atoms with Crippen LogP contribution in [0.1, 0.15) is 6.42 Å². The molecular weight excluding hydrogens is 160 g/mol. The predicted molar refractivity (Wildman–Crippen MR) is 46.1 cm³/mol. The van der Waals surface area contributed by atoms with E-state index in [1.165, 1.54) is 0 Å². The normalized spacial score (nSPS) is 9.55. The average Bonchev–Trinajstić information content (AvgIpc) is 2.07. The minimum atomic E-state index is 0.652. The van der Waals surface area contributed by atoms with Crippen LogP contribution in [0.25, 0.3) is 0 Å². The molecule has 59 valence electrons. The van der Waals surface area contributed by atoms with E-state index < -0.39 is 0 Å². The van der Waals surface area contributed by atoms with Crippen molar-refractivity contribution in [3.05, 3.63) is 30.3 Å². The molecule has 0 aliphatic carbocycles. The second kappa shape index (κ2) is 5.03. The van der Waals surface area contributed by atoms with Crippen molar-refractivity contribution in [1.82, 2.24) is 0 Å². The molecule has 0 amide bonds. The first-order valence-corrected chi connectivity index (χ1v) is 4.12. The first kappa shape index (κ1) is 8.41. The largest absolute Gasteiger partial charge is 0.494 e. The summed E-state index contributed by atoms with van der Waals surface area (Å²) in [7, 11) is 0. The summed E-state index contributed by atoms with van der Waals surface area (Å²) in [5.41, 5.74) is 0. The van der Waals surface area contributed by atoms with Crippen LogP contribution in [0.5, 0.6) is 5.75 Å². The molecule has 0 bridgehead atoms. The van der Waals surface area contributed by atoms with E-state index in [-0.39, 0.29) is 0 Å². The Hall–Kier alpha value is -0.690. The molecule has 0 aliphatic heterocycles. The van der Waals surface area contributed by atoms with E-state index in [0.717, 1.165) is 12.2 Å². The fourth-order valence-electron chi connectivity index (χ4n) is 0.712. The third-order valence-corrected chi connectivity index (χ3v) is 1.50. The van der Waals surface area contributed by atoms with Gasteiger partial charge in [-0.15, -0.1) is 11.6 Å². The van der Waals surface area contributed by atoms with Crippen molar-refractivity contribution >= 4 is 11.6 Å². The van der Waals surface area contributed by atoms with Crippen molar-refractivity contribution in [2.45, 2.75) is 6.42 Å². The summed E-state index contributed by atoms with van der Waals surface area (Å²) in [4.78, 5) is 0. The summed E-state index contributed by atoms with van der Waals surface area (Å²) in [5, 5.41) is 0. The number of halogens is 1. The van der Waals surface area contributed by atoms with Gasteiger partial charge in [-0.25, -0.2) is 0 Å². The quantitative estimate of drug-likeness (QED) is 0.497. The number of ether oxygens (including phenoxy) is 1. The Balaban J connectivity index is 2.28. The second-order valence-electron chi connectivity index (χ2n) is 2.13. The van der Waals surface area contributed by atoms with E-state index in [0.29, 0.717) is 12.5 Å². The number of hydrogen-bond acceptors (Lipinski definition) is 1. The lowest BCUT2D eigenvalue weighted by Gasteiger charge is -2.02. The summed E-state index contributed by atoms with van der Waals surface area (Å²) in [6.07, 6.45) is 0.889. The van der Waals surface area contributed by atoms with Crippen LogP contribution >= 0.6 is 11.6 Å². The zero-order valence-electron chi connectivity index (χ0n) is 6.22. The third kappa shape index (κ3) is 3.28. The fourth-order valence-corrected chi connectivity index (χ4v) is 0.822. The number of rotatable bonds is 4. The van der Waals surface area contributed by atoms with Crippen LogP contribution in [-0.4, -0.2) is 12.5 Å². The van der Waals surface area contributed by atoms with Gasteiger partial charge in [-0.05, 0) is 24.6 Å². The lowest BCUT2D eigenvalue weighted by molar-refractivity contribution is 0.318. The molecule has 1 radical (unpaired) electrons. The molecule has 0 fully saturated rings. The van der Waals surface area contributed by atoms with Crippen LogP contribution in [0, 0.1) is 6.07 Å². The lowest BCUT2D eigenvalue weighted by Crippen LogP contribution is -1.96. The first-order chi connectivity index (χ1) is 5.43. The second-order valence-corrected chi connectivity index (χ2v) is 2.50. The minimum absolute atomic E-state index is 0.652. The molecule has 0 atom stereocenters. The Kier molecular flexibility index (Phi) is 3.84. The topological polar surface area (TPSA) is 9.23 Å². The zero-order chi connectivity index (χ0) is 7.94. The molecule has 1 nitrogen and oxygen atoms in total. The smallest absolute Gasteiger partial charge is 0.119 e. The molecule has 2 heteroatoms. The average molecular weight is 170 g/mol. The third-order valence-electron chi connectivity index (χ3n) is 1.23. The SMILES string of the molecule is ClCCCOc1cc[c]cc1. The summed E-state index contributed by atoms with van der Waals surface area (Å²) in [6, 6.07) is 10.3. The number of hydrogen-bond donors (Lipinski definition) is 0. The summed E-state index contributed by atoms with van der Waals surface area (Å²) < 4.78 is 5.34. The van der Waals surface area contributed by atoms with Crippen LogP contribution < -0.4 is 4.74 Å². The molecule has 0 saturated heterocycles. The van der Waals surface area contributed by atoms with Crippen molar-refractivity contribution < 1.29 is 4.74 Å². The van der Waals surface area contributed by atoms with Crippen molar-refractivity contribution in [3.63, 3.8) is 0 Å². The highest BCUT2D eigenvalue weighted by atomic mass is 35.5. The van der Waals surface area contributed by atoms with E-state index in [9.17, 15) is 0 Å². The molecule has 0 N–H and O–H groups in total. The highest BCUT2D eigenvalue weighted by Gasteiger charge is 1.89. The maximum absolute atomic E-state index is 5.48. The maximum Gasteiger partial charge on any atom is 0.119 e. The van der Waals surface area contributed by atoms with Crippen molar-refractivity contribution in [3.8, 4) is 5.75 Å². The van der Waals surface area contributed by atoms with Crippen LogP contribution in [0.2, 0.25) is 0 Å². The Morgan fingerprint density at radius 2 is 2.09 bits per heavy atom. The lowest BCUT2D eigenvalue weighted by atomic mass is 10.3. The molecule has 1 aromatic rings. The van der Waals surface area contributed by atoms with E-state index in [1.54, 1.807) is 0 Å². The molecule has 1 aromatic carbocycles. The van der Waals surface area contributed by atoms with Gasteiger partial charge in [0.25, 0.3) is 0 Å². The highest BCUT2D eigenvalue weighted by molar-refractivity contribution is 6.17. The van der Waals surface area contributed by atoms with Gasteiger partial charge < -0.3 is 4.74 Å². The Morgan fingerprint density at radius 1 is 1.36 bits per heavy atom. The van der Waals surface area contributed by atoms with E-state index in [4.69, 9.17) is 16.3 Å². The molecule has 0 unspecified atom stereocenters. The van der Waals surface area contributed by atoms with Gasteiger partial charge in [0.1, 0.15) is 5.75 Å². The fraction of sp³-hybridized carbons (Fsp3) is 0.333. The van der Waals surface area contributed by atoms with Gasteiger partial charge >= 0.3 is 0 Å². The minimum Gasteiger partial charge on any atom is -0.494 e. The Bertz CT molecular complexity index is 186. The molecular formula is C9H10ClO. The molecule has 1 rings (SSSR count). The van der Waals surface area contributed by atoms with Crippen LogP contribution in [-0.2, 0) is 0 Å². The number of alkyl halides is 1. The molecule has 0 spiro atoms. The van der Waals surface area contributed by atoms with E-state index >= 15 is 0 Å². The van der Waals surface area contributed by atoms with Gasteiger partial charge in [0.05, 0.1) is 6.61 Å². The van der Waals surface area contributed by atoms with Gasteiger partial charge in [-0.3, -0.25) is 0 Å². The van der Waals surface area contributed by atoms with Crippen LogP contribution in [0.4, 0.5) is 0 Å². The van der Waals surface area contributed by atoms with Crippen molar-refractivity contribution in [2.24, 2.45) is 0 Å². The summed E-state index contributed by atoms with van der Waals surface area (Å²) in [6.45, 7) is 0.688. The van der Waals surface area contributed by atoms with E-state index in [2.05, 4.69) is 6.07 Å². The van der Waals surface area contributed by atoms with E-state index in [1.807, 2.05) is 24.3 Å². The van der Waals surface area contributed by atoms with Gasteiger partial charge in [0.2, 0.25) is 0 Å².